The zero-order valence-electron chi connectivity index (χ0n) is 19.2. The highest BCUT2D eigenvalue weighted by Crippen LogP contribution is 2.35. The second-order valence-corrected chi connectivity index (χ2v) is 9.48. The van der Waals surface area contributed by atoms with Crippen molar-refractivity contribution in [2.45, 2.75) is 27.3 Å². The van der Waals surface area contributed by atoms with Crippen molar-refractivity contribution in [3.05, 3.63) is 92.1 Å². The van der Waals surface area contributed by atoms with Gasteiger partial charge in [-0.05, 0) is 91.7 Å². The van der Waals surface area contributed by atoms with E-state index in [1.54, 1.807) is 42.5 Å². The molecular formula is C26H23ClN2O4S. The number of esters is 1. The quantitative estimate of drug-likeness (QED) is 0.317. The van der Waals surface area contributed by atoms with E-state index in [4.69, 9.17) is 16.3 Å². The molecule has 6 nitrogen and oxygen atoms in total. The molecule has 1 saturated heterocycles. The second kappa shape index (κ2) is 9.52. The molecule has 4 rings (SSSR count). The molecule has 1 aliphatic heterocycles. The summed E-state index contributed by atoms with van der Waals surface area (Å²) in [4.78, 5) is 39.0. The first-order valence-corrected chi connectivity index (χ1v) is 11.8. The van der Waals surface area contributed by atoms with Crippen LogP contribution in [0.15, 0.2) is 53.4 Å². The van der Waals surface area contributed by atoms with E-state index < -0.39 is 0 Å². The van der Waals surface area contributed by atoms with Gasteiger partial charge in [0.2, 0.25) is 0 Å². The normalized spacial score (nSPS) is 14.9. The standard InChI is InChI=1S/C26H23ClN2O4S/c1-15-11-19(25(31)33-4)7-10-22(15)29-16(2)12-20(17(29)3)13-23-24(30)28(26(32)34-23)14-18-5-8-21(27)9-6-18/h5-13H,14H2,1-4H3/b23-13+. The number of aromatic nitrogens is 1. The lowest BCUT2D eigenvalue weighted by Crippen LogP contribution is -2.27. The first-order valence-electron chi connectivity index (χ1n) is 10.6. The van der Waals surface area contributed by atoms with Crippen molar-refractivity contribution < 1.29 is 19.1 Å². The van der Waals surface area contributed by atoms with Crippen molar-refractivity contribution >= 4 is 46.6 Å². The number of amides is 2. The summed E-state index contributed by atoms with van der Waals surface area (Å²) in [5, 5.41) is 0.303. The fourth-order valence-corrected chi connectivity index (χ4v) is 4.96. The maximum Gasteiger partial charge on any atom is 0.337 e. The molecule has 2 heterocycles. The molecule has 3 aromatic rings. The van der Waals surface area contributed by atoms with Gasteiger partial charge in [-0.3, -0.25) is 14.5 Å². The average Bonchev–Trinajstić information content (AvgIpc) is 3.23. The van der Waals surface area contributed by atoms with E-state index in [1.165, 1.54) is 12.0 Å². The maximum atomic E-state index is 13.0. The minimum Gasteiger partial charge on any atom is -0.465 e. The Hall–Kier alpha value is -3.29. The Morgan fingerprint density at radius 3 is 2.41 bits per heavy atom. The van der Waals surface area contributed by atoms with Crippen LogP contribution in [0.2, 0.25) is 5.02 Å². The number of carbonyl (C=O) groups excluding carboxylic acids is 3. The molecule has 1 fully saturated rings. The van der Waals surface area contributed by atoms with Crippen molar-refractivity contribution in [1.82, 2.24) is 9.47 Å². The van der Waals surface area contributed by atoms with Crippen LogP contribution in [0, 0.1) is 20.8 Å². The average molecular weight is 495 g/mol. The Morgan fingerprint density at radius 1 is 1.06 bits per heavy atom. The summed E-state index contributed by atoms with van der Waals surface area (Å²) in [6.45, 7) is 6.07. The Balaban J connectivity index is 1.63. The zero-order chi connectivity index (χ0) is 24.6. The molecule has 1 aliphatic rings. The molecule has 2 aromatic carbocycles. The van der Waals surface area contributed by atoms with Crippen LogP contribution in [-0.2, 0) is 16.1 Å². The number of thioether (sulfide) groups is 1. The molecule has 1 aromatic heterocycles. The Morgan fingerprint density at radius 2 is 1.76 bits per heavy atom. The molecule has 34 heavy (non-hydrogen) atoms. The Bertz CT molecular complexity index is 1340. The lowest BCUT2D eigenvalue weighted by molar-refractivity contribution is -0.123. The van der Waals surface area contributed by atoms with Crippen molar-refractivity contribution in [2.24, 2.45) is 0 Å². The largest absolute Gasteiger partial charge is 0.465 e. The third-order valence-corrected chi connectivity index (χ3v) is 6.90. The second-order valence-electron chi connectivity index (χ2n) is 8.05. The first kappa shape index (κ1) is 23.9. The van der Waals surface area contributed by atoms with Gasteiger partial charge in [-0.1, -0.05) is 23.7 Å². The smallest absolute Gasteiger partial charge is 0.337 e. The van der Waals surface area contributed by atoms with Crippen LogP contribution in [0.1, 0.15) is 38.4 Å². The van der Waals surface area contributed by atoms with Gasteiger partial charge in [0.05, 0.1) is 24.1 Å². The molecular weight excluding hydrogens is 472 g/mol. The van der Waals surface area contributed by atoms with Crippen molar-refractivity contribution in [1.29, 1.82) is 0 Å². The van der Waals surface area contributed by atoms with Gasteiger partial charge in [-0.25, -0.2) is 4.79 Å². The van der Waals surface area contributed by atoms with Crippen LogP contribution in [0.5, 0.6) is 0 Å². The van der Waals surface area contributed by atoms with E-state index in [1.807, 2.05) is 32.9 Å². The number of aryl methyl sites for hydroxylation is 2. The van der Waals surface area contributed by atoms with Gasteiger partial charge in [0.1, 0.15) is 0 Å². The van der Waals surface area contributed by atoms with E-state index >= 15 is 0 Å². The highest BCUT2D eigenvalue weighted by Gasteiger charge is 2.35. The number of nitrogens with zero attached hydrogens (tertiary/aromatic N) is 2. The zero-order valence-corrected chi connectivity index (χ0v) is 20.8. The molecule has 174 valence electrons. The summed E-state index contributed by atoms with van der Waals surface area (Å²) in [5.41, 5.74) is 5.91. The highest BCUT2D eigenvalue weighted by molar-refractivity contribution is 8.18. The van der Waals surface area contributed by atoms with E-state index in [9.17, 15) is 14.4 Å². The van der Waals surface area contributed by atoms with Gasteiger partial charge in [-0.2, -0.15) is 0 Å². The molecule has 2 amide bonds. The summed E-state index contributed by atoms with van der Waals surface area (Å²) in [7, 11) is 1.36. The number of imide groups is 1. The SMILES string of the molecule is COC(=O)c1ccc(-n2c(C)cc(/C=C3/SC(=O)N(Cc4ccc(Cl)cc4)C3=O)c2C)c(C)c1. The number of methoxy groups -OCH3 is 1. The number of rotatable bonds is 5. The van der Waals surface area contributed by atoms with E-state index in [-0.39, 0.29) is 23.7 Å². The fourth-order valence-electron chi connectivity index (χ4n) is 4.01. The molecule has 0 radical (unpaired) electrons. The minimum atomic E-state index is -0.384. The Labute approximate surface area is 207 Å². The fraction of sp³-hybridized carbons (Fsp3) is 0.192. The van der Waals surface area contributed by atoms with E-state index in [2.05, 4.69) is 4.57 Å². The van der Waals surface area contributed by atoms with Crippen molar-refractivity contribution in [3.8, 4) is 5.69 Å². The van der Waals surface area contributed by atoms with Crippen LogP contribution in [-0.4, -0.2) is 33.7 Å². The van der Waals surface area contributed by atoms with Gasteiger partial charge < -0.3 is 9.30 Å². The van der Waals surface area contributed by atoms with Gasteiger partial charge in [0.15, 0.2) is 0 Å². The summed E-state index contributed by atoms with van der Waals surface area (Å²) < 4.78 is 6.88. The first-order chi connectivity index (χ1) is 16.2. The lowest BCUT2D eigenvalue weighted by atomic mass is 10.1. The van der Waals surface area contributed by atoms with E-state index in [0.29, 0.717) is 15.5 Å². The molecule has 0 spiro atoms. The number of benzene rings is 2. The topological polar surface area (TPSA) is 68.6 Å². The van der Waals surface area contributed by atoms with Gasteiger partial charge >= 0.3 is 5.97 Å². The van der Waals surface area contributed by atoms with Gasteiger partial charge in [0, 0.05) is 22.1 Å². The molecule has 0 unspecified atom stereocenters. The third kappa shape index (κ3) is 4.54. The number of hydrogen-bond acceptors (Lipinski definition) is 5. The maximum absolute atomic E-state index is 13.0. The molecule has 0 bridgehead atoms. The minimum absolute atomic E-state index is 0.198. The molecule has 0 N–H and O–H groups in total. The number of ether oxygens (including phenoxy) is 1. The molecule has 0 atom stereocenters. The van der Waals surface area contributed by atoms with Crippen LogP contribution >= 0.6 is 23.4 Å². The summed E-state index contributed by atoms with van der Waals surface area (Å²) in [5.74, 6) is -0.695. The van der Waals surface area contributed by atoms with Crippen LogP contribution in [0.3, 0.4) is 0 Å². The monoisotopic (exact) mass is 494 g/mol. The van der Waals surface area contributed by atoms with E-state index in [0.717, 1.165) is 45.5 Å². The third-order valence-electron chi connectivity index (χ3n) is 5.74. The molecule has 0 saturated carbocycles. The van der Waals surface area contributed by atoms with Crippen LogP contribution in [0.4, 0.5) is 4.79 Å². The number of carbonyl (C=O) groups is 3. The van der Waals surface area contributed by atoms with Crippen LogP contribution in [0.25, 0.3) is 11.8 Å². The van der Waals surface area contributed by atoms with Crippen molar-refractivity contribution in [2.75, 3.05) is 7.11 Å². The van der Waals surface area contributed by atoms with Gasteiger partial charge in [-0.15, -0.1) is 0 Å². The molecule has 8 heteroatoms. The van der Waals surface area contributed by atoms with Crippen LogP contribution < -0.4 is 0 Å². The summed E-state index contributed by atoms with van der Waals surface area (Å²) in [6.07, 6.45) is 1.77. The summed E-state index contributed by atoms with van der Waals surface area (Å²) in [6, 6.07) is 14.5. The predicted molar refractivity (Wildman–Crippen MR) is 134 cm³/mol. The number of hydrogen-bond donors (Lipinski definition) is 0. The summed E-state index contributed by atoms with van der Waals surface area (Å²) >= 11 is 6.87. The lowest BCUT2D eigenvalue weighted by Gasteiger charge is -2.14. The molecule has 0 aliphatic carbocycles. The number of halogens is 1. The van der Waals surface area contributed by atoms with Gasteiger partial charge in [0.25, 0.3) is 11.1 Å². The predicted octanol–water partition coefficient (Wildman–Crippen LogP) is 6.08. The van der Waals surface area contributed by atoms with Crippen molar-refractivity contribution in [3.63, 3.8) is 0 Å². The highest BCUT2D eigenvalue weighted by atomic mass is 35.5. The Kier molecular flexibility index (Phi) is 6.68.